The lowest BCUT2D eigenvalue weighted by atomic mass is 9.80. The number of benzene rings is 1. The Labute approximate surface area is 206 Å². The SMILES string of the molecule is CC[C@H](C)C(OCc1ccccc1F)C1C([N+](=O)[O-])[C@H](c2ccsc2)N[C@@H]1C(=O)NCCC(=O)O. The van der Waals surface area contributed by atoms with E-state index < -0.39 is 47.8 Å². The van der Waals surface area contributed by atoms with Gasteiger partial charge in [0.2, 0.25) is 11.9 Å². The summed E-state index contributed by atoms with van der Waals surface area (Å²) in [6.45, 7) is 3.61. The second-order valence-corrected chi connectivity index (χ2v) is 9.50. The second-order valence-electron chi connectivity index (χ2n) is 8.72. The minimum atomic E-state index is -1.18. The highest BCUT2D eigenvalue weighted by Gasteiger charge is 2.57. The molecule has 0 bridgehead atoms. The first-order valence-electron chi connectivity index (χ1n) is 11.5. The summed E-state index contributed by atoms with van der Waals surface area (Å²) in [6, 6.07) is 5.02. The number of carboxylic acids is 1. The van der Waals surface area contributed by atoms with E-state index in [9.17, 15) is 24.1 Å². The number of aliphatic carboxylic acids is 1. The van der Waals surface area contributed by atoms with E-state index in [2.05, 4.69) is 10.6 Å². The first kappa shape index (κ1) is 26.7. The van der Waals surface area contributed by atoms with Crippen LogP contribution in [0.4, 0.5) is 4.39 Å². The van der Waals surface area contributed by atoms with Crippen molar-refractivity contribution in [3.8, 4) is 0 Å². The van der Waals surface area contributed by atoms with Gasteiger partial charge in [-0.15, -0.1) is 0 Å². The van der Waals surface area contributed by atoms with Crippen LogP contribution in [0.1, 0.15) is 43.9 Å². The van der Waals surface area contributed by atoms with Gasteiger partial charge in [-0.3, -0.25) is 25.0 Å². The molecule has 190 valence electrons. The largest absolute Gasteiger partial charge is 0.481 e. The molecule has 1 aromatic heterocycles. The zero-order chi connectivity index (χ0) is 25.5. The van der Waals surface area contributed by atoms with Crippen LogP contribution in [-0.4, -0.2) is 46.6 Å². The van der Waals surface area contributed by atoms with Gasteiger partial charge in [-0.25, -0.2) is 4.39 Å². The Morgan fingerprint density at radius 3 is 2.69 bits per heavy atom. The summed E-state index contributed by atoms with van der Waals surface area (Å²) < 4.78 is 20.4. The molecule has 0 aliphatic carbocycles. The van der Waals surface area contributed by atoms with Crippen LogP contribution in [0.2, 0.25) is 0 Å². The zero-order valence-corrected chi connectivity index (χ0v) is 20.4. The highest BCUT2D eigenvalue weighted by atomic mass is 32.1. The van der Waals surface area contributed by atoms with Crippen LogP contribution < -0.4 is 10.6 Å². The van der Waals surface area contributed by atoms with Gasteiger partial charge < -0.3 is 15.2 Å². The third-order valence-corrected chi connectivity index (χ3v) is 7.22. The summed E-state index contributed by atoms with van der Waals surface area (Å²) in [4.78, 5) is 36.0. The van der Waals surface area contributed by atoms with Crippen molar-refractivity contribution < 1.29 is 28.7 Å². The van der Waals surface area contributed by atoms with Crippen molar-refractivity contribution in [1.82, 2.24) is 10.6 Å². The molecule has 1 fully saturated rings. The van der Waals surface area contributed by atoms with Gasteiger partial charge >= 0.3 is 5.97 Å². The lowest BCUT2D eigenvalue weighted by molar-refractivity contribution is -0.535. The summed E-state index contributed by atoms with van der Waals surface area (Å²) in [7, 11) is 0. The Kier molecular flexibility index (Phi) is 9.30. The fourth-order valence-electron chi connectivity index (χ4n) is 4.56. The molecule has 3 rings (SSSR count). The molecule has 2 aromatic rings. The number of carboxylic acid groups (broad SMARTS) is 1. The van der Waals surface area contributed by atoms with Crippen LogP contribution in [-0.2, 0) is 20.9 Å². The van der Waals surface area contributed by atoms with Gasteiger partial charge in [-0.2, -0.15) is 11.3 Å². The quantitative estimate of drug-likeness (QED) is 0.296. The number of ether oxygens (including phenoxy) is 1. The number of nitrogens with zero attached hydrogens (tertiary/aromatic N) is 1. The van der Waals surface area contributed by atoms with E-state index in [1.54, 1.807) is 29.6 Å². The van der Waals surface area contributed by atoms with Gasteiger partial charge in [0.25, 0.3) is 0 Å². The van der Waals surface area contributed by atoms with Crippen LogP contribution >= 0.6 is 11.3 Å². The van der Waals surface area contributed by atoms with E-state index in [-0.39, 0.29) is 30.4 Å². The minimum Gasteiger partial charge on any atom is -0.481 e. The number of carbonyl (C=O) groups is 2. The van der Waals surface area contributed by atoms with Crippen molar-refractivity contribution in [2.24, 2.45) is 11.8 Å². The van der Waals surface area contributed by atoms with Gasteiger partial charge in [0.05, 0.1) is 31.1 Å². The Balaban J connectivity index is 1.96. The van der Waals surface area contributed by atoms with Crippen LogP contribution in [0.5, 0.6) is 0 Å². The molecule has 2 heterocycles. The maximum atomic E-state index is 14.3. The second kappa shape index (κ2) is 12.2. The molecule has 11 heteroatoms. The Hall–Kier alpha value is -2.89. The number of hydrogen-bond acceptors (Lipinski definition) is 7. The van der Waals surface area contributed by atoms with Crippen LogP contribution in [0, 0.1) is 27.8 Å². The van der Waals surface area contributed by atoms with Crippen LogP contribution in [0.3, 0.4) is 0 Å². The van der Waals surface area contributed by atoms with Gasteiger partial charge in [0.1, 0.15) is 11.9 Å². The van der Waals surface area contributed by atoms with E-state index in [0.29, 0.717) is 17.5 Å². The van der Waals surface area contributed by atoms with Gasteiger partial charge in [-0.05, 0) is 34.4 Å². The lowest BCUT2D eigenvalue weighted by Crippen LogP contribution is -2.51. The predicted octanol–water partition coefficient (Wildman–Crippen LogP) is 3.38. The maximum Gasteiger partial charge on any atom is 0.305 e. The first-order valence-corrected chi connectivity index (χ1v) is 12.4. The van der Waals surface area contributed by atoms with Gasteiger partial charge in [0.15, 0.2) is 0 Å². The Bertz CT molecular complexity index is 1020. The van der Waals surface area contributed by atoms with Crippen molar-refractivity contribution in [2.75, 3.05) is 6.54 Å². The molecular weight excluding hydrogens is 477 g/mol. The number of thiophene rings is 1. The molecule has 3 unspecified atom stereocenters. The number of carbonyl (C=O) groups excluding carboxylic acids is 1. The molecule has 3 N–H and O–H groups in total. The number of rotatable bonds is 12. The van der Waals surface area contributed by atoms with E-state index in [4.69, 9.17) is 9.84 Å². The standard InChI is InChI=1S/C24H30FN3O6S/c1-3-14(2)23(34-12-15-6-4-5-7-17(15)25)19-21(24(31)26-10-8-18(29)30)27-20(22(19)28(32)33)16-9-11-35-13-16/h4-7,9,11,13-14,19-23,27H,3,8,10,12H2,1-2H3,(H,26,31)(H,29,30)/t14-,19?,20-,21-,22?,23?/m0/s1. The predicted molar refractivity (Wildman–Crippen MR) is 128 cm³/mol. The average molecular weight is 508 g/mol. The van der Waals surface area contributed by atoms with Gasteiger partial charge in [0, 0.05) is 17.0 Å². The normalized spacial score (nSPS) is 23.5. The zero-order valence-electron chi connectivity index (χ0n) is 19.6. The number of nitrogens with one attached hydrogen (secondary N) is 2. The monoisotopic (exact) mass is 507 g/mol. The highest BCUT2D eigenvalue weighted by Crippen LogP contribution is 2.40. The number of hydrogen-bond donors (Lipinski definition) is 3. The molecule has 1 amide bonds. The molecule has 6 atom stereocenters. The fraction of sp³-hybridized carbons (Fsp3) is 0.500. The molecule has 1 aliphatic rings. The lowest BCUT2D eigenvalue weighted by Gasteiger charge is -2.32. The van der Waals surface area contributed by atoms with Crippen molar-refractivity contribution in [3.63, 3.8) is 0 Å². The maximum absolute atomic E-state index is 14.3. The molecule has 35 heavy (non-hydrogen) atoms. The van der Waals surface area contributed by atoms with E-state index in [1.807, 2.05) is 19.2 Å². The van der Waals surface area contributed by atoms with E-state index in [1.165, 1.54) is 17.4 Å². The van der Waals surface area contributed by atoms with Crippen molar-refractivity contribution in [3.05, 3.63) is 68.2 Å². The topological polar surface area (TPSA) is 131 Å². The molecule has 0 spiro atoms. The smallest absolute Gasteiger partial charge is 0.305 e. The summed E-state index contributed by atoms with van der Waals surface area (Å²) in [6.07, 6.45) is -0.380. The summed E-state index contributed by atoms with van der Waals surface area (Å²) in [5.74, 6) is -3.08. The third kappa shape index (κ3) is 6.41. The fourth-order valence-corrected chi connectivity index (χ4v) is 5.25. The van der Waals surface area contributed by atoms with Crippen molar-refractivity contribution in [1.29, 1.82) is 0 Å². The van der Waals surface area contributed by atoms with E-state index >= 15 is 0 Å². The number of halogens is 1. The molecule has 1 saturated heterocycles. The molecule has 1 aliphatic heterocycles. The molecule has 0 saturated carbocycles. The first-order chi connectivity index (χ1) is 16.7. The minimum absolute atomic E-state index is 0.0981. The number of amides is 1. The van der Waals surface area contributed by atoms with Crippen LogP contribution in [0.25, 0.3) is 0 Å². The molecular formula is C24H30FN3O6S. The summed E-state index contributed by atoms with van der Waals surface area (Å²) in [5.41, 5.74) is 1.01. The van der Waals surface area contributed by atoms with E-state index in [0.717, 1.165) is 0 Å². The third-order valence-electron chi connectivity index (χ3n) is 6.52. The highest BCUT2D eigenvalue weighted by molar-refractivity contribution is 7.08. The van der Waals surface area contributed by atoms with Crippen LogP contribution in [0.15, 0.2) is 41.1 Å². The summed E-state index contributed by atoms with van der Waals surface area (Å²) >= 11 is 1.40. The Morgan fingerprint density at radius 2 is 2.09 bits per heavy atom. The summed E-state index contributed by atoms with van der Waals surface area (Å²) in [5, 5.41) is 30.6. The molecule has 0 radical (unpaired) electrons. The van der Waals surface area contributed by atoms with Crippen molar-refractivity contribution in [2.45, 2.75) is 57.5 Å². The van der Waals surface area contributed by atoms with Gasteiger partial charge in [-0.1, -0.05) is 38.5 Å². The Morgan fingerprint density at radius 1 is 1.34 bits per heavy atom. The average Bonchev–Trinajstić information content (AvgIpc) is 3.48. The number of nitro groups is 1. The van der Waals surface area contributed by atoms with Crippen molar-refractivity contribution >= 4 is 23.2 Å². The molecule has 9 nitrogen and oxygen atoms in total. The molecule has 1 aromatic carbocycles.